The molecular weight excluding hydrogens is 296 g/mol. The van der Waals surface area contributed by atoms with E-state index in [4.69, 9.17) is 15.3 Å². The Morgan fingerprint density at radius 2 is 1.55 bits per heavy atom. The fourth-order valence-electron chi connectivity index (χ4n) is 1.79. The average Bonchev–Trinajstić information content (AvgIpc) is 2.46. The molecule has 0 bridgehead atoms. The van der Waals surface area contributed by atoms with Crippen LogP contribution in [-0.2, 0) is 0 Å². The van der Waals surface area contributed by atoms with Crippen molar-refractivity contribution >= 4 is 0 Å². The summed E-state index contributed by atoms with van der Waals surface area (Å²) in [6, 6.07) is -0.524. The van der Waals surface area contributed by atoms with E-state index in [-0.39, 0.29) is 26.5 Å². The fourth-order valence-corrected chi connectivity index (χ4v) is 1.79. The van der Waals surface area contributed by atoms with E-state index in [2.05, 4.69) is 21.3 Å². The molecule has 10 N–H and O–H groups in total. The summed E-state index contributed by atoms with van der Waals surface area (Å²) in [6.45, 7) is 0.840. The Kier molecular flexibility index (Phi) is 14.0. The highest BCUT2D eigenvalue weighted by molar-refractivity contribution is 4.69. The molecule has 0 fully saturated rings. The summed E-state index contributed by atoms with van der Waals surface area (Å²) in [4.78, 5) is 0. The Morgan fingerprint density at radius 1 is 0.818 bits per heavy atom. The first kappa shape index (κ1) is 21.6. The zero-order chi connectivity index (χ0) is 16.8. The quantitative estimate of drug-likeness (QED) is 0.105. The van der Waals surface area contributed by atoms with Crippen LogP contribution in [0.25, 0.3) is 0 Å². The highest BCUT2D eigenvalue weighted by Crippen LogP contribution is 2.03. The Bertz CT molecular complexity index is 248. The second kappa shape index (κ2) is 14.2. The highest BCUT2D eigenvalue weighted by atomic mass is 16.5. The smallest absolute Gasteiger partial charge is 0.167 e. The van der Waals surface area contributed by atoms with E-state index in [0.29, 0.717) is 19.4 Å². The Hall–Kier alpha value is -0.400. The number of aliphatic hydroxyl groups excluding tert-OH is 4. The fraction of sp³-hybridized carbons (Fsp3) is 1.00. The molecule has 10 heteroatoms. The minimum Gasteiger partial charge on any atom is -0.381 e. The van der Waals surface area contributed by atoms with Gasteiger partial charge in [-0.2, -0.15) is 0 Å². The van der Waals surface area contributed by atoms with Crippen molar-refractivity contribution in [2.24, 2.45) is 0 Å². The normalized spacial score (nSPS) is 14.7. The first-order chi connectivity index (χ1) is 10.5. The molecule has 0 aliphatic heterocycles. The van der Waals surface area contributed by atoms with Crippen LogP contribution in [0.2, 0.25) is 0 Å². The molecule has 22 heavy (non-hydrogen) atoms. The first-order valence-corrected chi connectivity index (χ1v) is 7.36. The van der Waals surface area contributed by atoms with Crippen molar-refractivity contribution < 1.29 is 30.6 Å². The lowest BCUT2D eigenvalue weighted by atomic mass is 10.1. The van der Waals surface area contributed by atoms with Crippen LogP contribution in [0.1, 0.15) is 19.3 Å². The number of hydrogen-bond donors (Lipinski definition) is 10. The zero-order valence-electron chi connectivity index (χ0n) is 12.6. The molecule has 0 heterocycles. The minimum atomic E-state index is -1.51. The molecule has 0 aliphatic carbocycles. The maximum Gasteiger partial charge on any atom is 0.167 e. The highest BCUT2D eigenvalue weighted by Gasteiger charge is 2.15. The summed E-state index contributed by atoms with van der Waals surface area (Å²) in [6.07, 6.45) is -1.72. The van der Waals surface area contributed by atoms with Crippen molar-refractivity contribution in [1.82, 2.24) is 21.3 Å². The van der Waals surface area contributed by atoms with Crippen molar-refractivity contribution in [2.45, 2.75) is 44.1 Å². The zero-order valence-corrected chi connectivity index (χ0v) is 12.6. The Morgan fingerprint density at radius 3 is 2.14 bits per heavy atom. The van der Waals surface area contributed by atoms with Gasteiger partial charge in [0.25, 0.3) is 0 Å². The van der Waals surface area contributed by atoms with Gasteiger partial charge in [0.1, 0.15) is 6.23 Å². The number of unbranched alkanes of at least 4 members (excludes halogenated alkanes) is 1. The lowest BCUT2D eigenvalue weighted by molar-refractivity contribution is -0.0703. The van der Waals surface area contributed by atoms with Gasteiger partial charge in [0.05, 0.1) is 12.8 Å². The van der Waals surface area contributed by atoms with Gasteiger partial charge < -0.3 is 30.6 Å². The third-order valence-electron chi connectivity index (χ3n) is 2.95. The molecule has 0 aromatic carbocycles. The number of rotatable bonds is 15. The van der Waals surface area contributed by atoms with E-state index in [1.807, 2.05) is 0 Å². The monoisotopic (exact) mass is 326 g/mol. The van der Waals surface area contributed by atoms with Crippen LogP contribution in [0.5, 0.6) is 0 Å². The van der Waals surface area contributed by atoms with Gasteiger partial charge >= 0.3 is 0 Å². The maximum atomic E-state index is 9.44. The molecule has 0 aromatic rings. The molecule has 1 unspecified atom stereocenters. The van der Waals surface area contributed by atoms with Crippen molar-refractivity contribution in [3.05, 3.63) is 0 Å². The van der Waals surface area contributed by atoms with Gasteiger partial charge in [-0.1, -0.05) is 6.42 Å². The van der Waals surface area contributed by atoms with E-state index >= 15 is 0 Å². The molecule has 0 saturated heterocycles. The predicted octanol–water partition coefficient (Wildman–Crippen LogP) is -4.27. The van der Waals surface area contributed by atoms with Crippen molar-refractivity contribution in [3.63, 3.8) is 0 Å². The second-order valence-corrected chi connectivity index (χ2v) is 4.91. The van der Waals surface area contributed by atoms with Crippen LogP contribution >= 0.6 is 0 Å². The molecule has 2 atom stereocenters. The van der Waals surface area contributed by atoms with E-state index in [1.54, 1.807) is 0 Å². The van der Waals surface area contributed by atoms with E-state index < -0.39 is 24.8 Å². The van der Waals surface area contributed by atoms with Crippen LogP contribution in [0, 0.1) is 0 Å². The van der Waals surface area contributed by atoms with Crippen LogP contribution < -0.4 is 21.3 Å². The maximum absolute atomic E-state index is 9.44. The van der Waals surface area contributed by atoms with Crippen LogP contribution in [0.4, 0.5) is 0 Å². The Balaban J connectivity index is 3.64. The van der Waals surface area contributed by atoms with Crippen LogP contribution in [-0.4, -0.2) is 88.5 Å². The molecule has 0 amide bonds. The predicted molar refractivity (Wildman–Crippen MR) is 79.2 cm³/mol. The molecule has 0 aliphatic rings. The molecule has 0 spiro atoms. The molecule has 0 saturated carbocycles. The van der Waals surface area contributed by atoms with E-state index in [1.165, 1.54) is 0 Å². The van der Waals surface area contributed by atoms with Gasteiger partial charge in [-0.3, -0.25) is 21.3 Å². The van der Waals surface area contributed by atoms with Crippen LogP contribution in [0.3, 0.4) is 0 Å². The summed E-state index contributed by atoms with van der Waals surface area (Å²) in [5.74, 6) is 0. The second-order valence-electron chi connectivity index (χ2n) is 4.91. The lowest BCUT2D eigenvalue weighted by Gasteiger charge is -2.21. The van der Waals surface area contributed by atoms with Crippen molar-refractivity contribution in [2.75, 3.05) is 33.0 Å². The van der Waals surface area contributed by atoms with Gasteiger partial charge in [0.15, 0.2) is 12.6 Å². The third-order valence-corrected chi connectivity index (χ3v) is 2.95. The Labute approximate surface area is 130 Å². The van der Waals surface area contributed by atoms with Gasteiger partial charge in [0.2, 0.25) is 0 Å². The standard InChI is InChI=1S/C12H30N4O6/c17-8-14-5-10(18)15-4-2-1-3-9(12(21)22)16-7-13-6-11(19)20/h9-22H,1-8H2/t9-,10?/m0/s1. The summed E-state index contributed by atoms with van der Waals surface area (Å²) in [5.41, 5.74) is 0. The van der Waals surface area contributed by atoms with Crippen molar-refractivity contribution in [1.29, 1.82) is 0 Å². The van der Waals surface area contributed by atoms with E-state index in [9.17, 15) is 15.3 Å². The van der Waals surface area contributed by atoms with Gasteiger partial charge in [-0.25, -0.2) is 0 Å². The largest absolute Gasteiger partial charge is 0.381 e. The van der Waals surface area contributed by atoms with Crippen molar-refractivity contribution in [3.8, 4) is 0 Å². The summed E-state index contributed by atoms with van der Waals surface area (Å²) in [7, 11) is 0. The molecular formula is C12H30N4O6. The lowest BCUT2D eigenvalue weighted by Crippen LogP contribution is -2.45. The number of hydrogen-bond acceptors (Lipinski definition) is 10. The number of aliphatic hydroxyl groups is 6. The molecule has 0 radical (unpaired) electrons. The topological polar surface area (TPSA) is 169 Å². The average molecular weight is 326 g/mol. The summed E-state index contributed by atoms with van der Waals surface area (Å²) < 4.78 is 0. The molecule has 0 aromatic heterocycles. The number of nitrogens with one attached hydrogen (secondary N) is 4. The molecule has 134 valence electrons. The third kappa shape index (κ3) is 13.3. The summed E-state index contributed by atoms with van der Waals surface area (Å²) >= 11 is 0. The van der Waals surface area contributed by atoms with Crippen LogP contribution in [0.15, 0.2) is 0 Å². The van der Waals surface area contributed by atoms with Gasteiger partial charge in [-0.05, 0) is 19.4 Å². The van der Waals surface area contributed by atoms with Gasteiger partial charge in [0, 0.05) is 19.8 Å². The molecule has 10 nitrogen and oxygen atoms in total. The summed E-state index contributed by atoms with van der Waals surface area (Å²) in [5, 5.41) is 64.7. The first-order valence-electron chi connectivity index (χ1n) is 7.36. The molecule has 0 rings (SSSR count). The van der Waals surface area contributed by atoms with Gasteiger partial charge in [-0.15, -0.1) is 0 Å². The SMILES string of the molecule is OCNCC(O)NCCCC[C@H](NCNCC(O)O)C(O)O. The minimum absolute atomic E-state index is 0.00900. The van der Waals surface area contributed by atoms with E-state index in [0.717, 1.165) is 6.42 Å².